The highest BCUT2D eigenvalue weighted by Crippen LogP contribution is 2.31. The molecule has 0 spiro atoms. The molecule has 1 aliphatic heterocycles. The highest BCUT2D eigenvalue weighted by Gasteiger charge is 2.39. The second kappa shape index (κ2) is 4.17. The zero-order valence-electron chi connectivity index (χ0n) is 8.69. The Morgan fingerprint density at radius 2 is 2.00 bits per heavy atom. The molecule has 1 saturated heterocycles. The van der Waals surface area contributed by atoms with Crippen molar-refractivity contribution in [3.05, 3.63) is 22.7 Å². The third-order valence-corrected chi connectivity index (χ3v) is 2.89. The summed E-state index contributed by atoms with van der Waals surface area (Å²) >= 11 is 3.20. The van der Waals surface area contributed by atoms with E-state index in [0.29, 0.717) is 10.2 Å². The van der Waals surface area contributed by atoms with Crippen LogP contribution in [0.1, 0.15) is 0 Å². The summed E-state index contributed by atoms with van der Waals surface area (Å²) in [4.78, 5) is 34.8. The molecule has 0 atom stereocenters. The van der Waals surface area contributed by atoms with Crippen LogP contribution in [0.15, 0.2) is 22.7 Å². The molecule has 0 unspecified atom stereocenters. The summed E-state index contributed by atoms with van der Waals surface area (Å²) < 4.78 is 5.50. The van der Waals surface area contributed by atoms with Gasteiger partial charge in [-0.1, -0.05) is 0 Å². The second-order valence-corrected chi connectivity index (χ2v) is 4.07. The first kappa shape index (κ1) is 11.6. The van der Waals surface area contributed by atoms with Crippen LogP contribution in [0.2, 0.25) is 0 Å². The first-order chi connectivity index (χ1) is 8.04. The van der Waals surface area contributed by atoms with Crippen molar-refractivity contribution >= 4 is 39.5 Å². The predicted octanol–water partition coefficient (Wildman–Crippen LogP) is 1.04. The number of urea groups is 1. The summed E-state index contributed by atoms with van der Waals surface area (Å²) in [5.74, 6) is -1.38. The number of halogens is 1. The average molecular weight is 299 g/mol. The fraction of sp³-hybridized carbons (Fsp3) is 0.100. The first-order valence-corrected chi connectivity index (χ1v) is 5.37. The number of imide groups is 2. The van der Waals surface area contributed by atoms with Crippen LogP contribution in [0.25, 0.3) is 0 Å². The number of ether oxygens (including phenoxy) is 1. The Morgan fingerprint density at radius 1 is 1.29 bits per heavy atom. The van der Waals surface area contributed by atoms with Gasteiger partial charge in [0.2, 0.25) is 0 Å². The van der Waals surface area contributed by atoms with Gasteiger partial charge in [0.05, 0.1) is 12.8 Å². The molecule has 1 fully saturated rings. The molecule has 7 heteroatoms. The lowest BCUT2D eigenvalue weighted by atomic mass is 10.3. The molecule has 1 aromatic rings. The van der Waals surface area contributed by atoms with Crippen LogP contribution in [0.5, 0.6) is 5.75 Å². The van der Waals surface area contributed by atoms with E-state index in [9.17, 15) is 14.4 Å². The highest BCUT2D eigenvalue weighted by molar-refractivity contribution is 9.10. The minimum atomic E-state index is -0.940. The number of hydrogen-bond donors (Lipinski definition) is 1. The normalized spacial score (nSPS) is 15.2. The molecular weight excluding hydrogens is 292 g/mol. The Bertz CT molecular complexity index is 529. The molecule has 88 valence electrons. The lowest BCUT2D eigenvalue weighted by molar-refractivity contribution is -0.134. The molecule has 2 rings (SSSR count). The zero-order valence-corrected chi connectivity index (χ0v) is 10.3. The summed E-state index contributed by atoms with van der Waals surface area (Å²) in [5, 5.41) is 1.92. The van der Waals surface area contributed by atoms with Gasteiger partial charge in [0.1, 0.15) is 5.75 Å². The molecule has 0 radical (unpaired) electrons. The van der Waals surface area contributed by atoms with Gasteiger partial charge in [0, 0.05) is 10.5 Å². The van der Waals surface area contributed by atoms with Gasteiger partial charge >= 0.3 is 17.8 Å². The second-order valence-electron chi connectivity index (χ2n) is 3.22. The van der Waals surface area contributed by atoms with Gasteiger partial charge < -0.3 is 4.74 Å². The van der Waals surface area contributed by atoms with Crippen molar-refractivity contribution in [2.75, 3.05) is 12.0 Å². The van der Waals surface area contributed by atoms with Gasteiger partial charge in [-0.15, -0.1) is 0 Å². The highest BCUT2D eigenvalue weighted by atomic mass is 79.9. The van der Waals surface area contributed by atoms with Gasteiger partial charge in [-0.3, -0.25) is 14.9 Å². The molecule has 1 aromatic carbocycles. The van der Waals surface area contributed by atoms with Crippen molar-refractivity contribution < 1.29 is 19.1 Å². The van der Waals surface area contributed by atoms with Gasteiger partial charge in [0.25, 0.3) is 0 Å². The van der Waals surface area contributed by atoms with E-state index < -0.39 is 17.8 Å². The number of nitrogens with one attached hydrogen (secondary N) is 1. The largest absolute Gasteiger partial charge is 0.497 e. The number of methoxy groups -OCH3 is 1. The summed E-state index contributed by atoms with van der Waals surface area (Å²) in [7, 11) is 1.46. The maximum atomic E-state index is 11.5. The molecule has 6 nitrogen and oxygen atoms in total. The molecule has 1 N–H and O–H groups in total. The Kier molecular flexibility index (Phi) is 2.84. The number of rotatable bonds is 2. The van der Waals surface area contributed by atoms with Crippen molar-refractivity contribution in [1.82, 2.24) is 5.32 Å². The van der Waals surface area contributed by atoms with Gasteiger partial charge in [-0.25, -0.2) is 9.69 Å². The molecule has 0 aliphatic carbocycles. The van der Waals surface area contributed by atoms with Crippen molar-refractivity contribution in [2.24, 2.45) is 0 Å². The van der Waals surface area contributed by atoms with E-state index in [1.54, 1.807) is 12.1 Å². The average Bonchev–Trinajstić information content (AvgIpc) is 2.55. The van der Waals surface area contributed by atoms with Crippen molar-refractivity contribution in [2.45, 2.75) is 0 Å². The van der Waals surface area contributed by atoms with Gasteiger partial charge in [0.15, 0.2) is 0 Å². The Morgan fingerprint density at radius 3 is 2.53 bits per heavy atom. The lowest BCUT2D eigenvalue weighted by Gasteiger charge is -2.14. The zero-order chi connectivity index (χ0) is 12.6. The topological polar surface area (TPSA) is 75.7 Å². The van der Waals surface area contributed by atoms with Crippen LogP contribution >= 0.6 is 15.9 Å². The number of hydrogen-bond acceptors (Lipinski definition) is 4. The van der Waals surface area contributed by atoms with Crippen LogP contribution in [0.3, 0.4) is 0 Å². The molecule has 4 amide bonds. The van der Waals surface area contributed by atoms with Gasteiger partial charge in [-0.05, 0) is 28.1 Å². The van der Waals surface area contributed by atoms with E-state index in [-0.39, 0.29) is 5.69 Å². The van der Waals surface area contributed by atoms with Crippen LogP contribution in [0, 0.1) is 0 Å². The van der Waals surface area contributed by atoms with E-state index in [4.69, 9.17) is 4.74 Å². The summed E-state index contributed by atoms with van der Waals surface area (Å²) in [6.45, 7) is 0. The lowest BCUT2D eigenvalue weighted by Crippen LogP contribution is -2.31. The smallest absolute Gasteiger partial charge is 0.336 e. The van der Waals surface area contributed by atoms with Crippen LogP contribution in [0.4, 0.5) is 10.5 Å². The molecule has 1 heterocycles. The van der Waals surface area contributed by atoms with Crippen LogP contribution in [-0.4, -0.2) is 25.0 Å². The van der Waals surface area contributed by atoms with Crippen molar-refractivity contribution in [3.8, 4) is 5.75 Å². The van der Waals surface area contributed by atoms with E-state index >= 15 is 0 Å². The Hall–Kier alpha value is -1.89. The van der Waals surface area contributed by atoms with Crippen LogP contribution < -0.4 is 15.0 Å². The minimum absolute atomic E-state index is 0.262. The SMILES string of the molecule is COc1ccc(Br)c(N2C(=O)NC(=O)C2=O)c1. The number of amides is 4. The number of nitrogens with zero attached hydrogens (tertiary/aromatic N) is 1. The predicted molar refractivity (Wildman–Crippen MR) is 61.7 cm³/mol. The maximum Gasteiger partial charge on any atom is 0.336 e. The Labute approximate surface area is 105 Å². The summed E-state index contributed by atoms with van der Waals surface area (Å²) in [5.41, 5.74) is 0.262. The van der Waals surface area contributed by atoms with Gasteiger partial charge in [-0.2, -0.15) is 0 Å². The minimum Gasteiger partial charge on any atom is -0.497 e. The molecule has 0 bridgehead atoms. The maximum absolute atomic E-state index is 11.5. The fourth-order valence-corrected chi connectivity index (χ4v) is 1.83. The monoisotopic (exact) mass is 298 g/mol. The summed E-state index contributed by atoms with van der Waals surface area (Å²) in [6, 6.07) is 4.00. The molecule has 1 aliphatic rings. The van der Waals surface area contributed by atoms with E-state index in [1.165, 1.54) is 13.2 Å². The van der Waals surface area contributed by atoms with E-state index in [0.717, 1.165) is 4.90 Å². The third-order valence-electron chi connectivity index (χ3n) is 2.22. The molecule has 0 saturated carbocycles. The Balaban J connectivity index is 2.50. The van der Waals surface area contributed by atoms with Crippen molar-refractivity contribution in [3.63, 3.8) is 0 Å². The van der Waals surface area contributed by atoms with E-state index in [1.807, 2.05) is 5.32 Å². The number of benzene rings is 1. The quantitative estimate of drug-likeness (QED) is 0.654. The number of carbonyl (C=O) groups is 3. The van der Waals surface area contributed by atoms with E-state index in [2.05, 4.69) is 15.9 Å². The number of carbonyl (C=O) groups excluding carboxylic acids is 3. The molecule has 0 aromatic heterocycles. The van der Waals surface area contributed by atoms with Crippen molar-refractivity contribution in [1.29, 1.82) is 0 Å². The fourth-order valence-electron chi connectivity index (χ4n) is 1.41. The third kappa shape index (κ3) is 1.89. The first-order valence-electron chi connectivity index (χ1n) is 4.57. The van der Waals surface area contributed by atoms with Crippen LogP contribution in [-0.2, 0) is 9.59 Å². The standard InChI is InChI=1S/C10H7BrN2O4/c1-17-5-2-3-6(11)7(4-5)13-9(15)8(14)12-10(13)16/h2-4H,1H3,(H,12,14,16). The summed E-state index contributed by atoms with van der Waals surface area (Å²) in [6.07, 6.45) is 0. The molecular formula is C10H7BrN2O4. The number of anilines is 1. The molecule has 17 heavy (non-hydrogen) atoms.